The highest BCUT2D eigenvalue weighted by molar-refractivity contribution is 6.28. The Labute approximate surface area is 128 Å². The Bertz CT molecular complexity index is 562. The molecule has 0 atom stereocenters. The Morgan fingerprint density at radius 1 is 1.29 bits per heavy atom. The van der Waals surface area contributed by atoms with Crippen LogP contribution in [0.5, 0.6) is 0 Å². The van der Waals surface area contributed by atoms with Crippen LogP contribution in [0, 0.1) is 5.41 Å². The lowest BCUT2D eigenvalue weighted by Gasteiger charge is -2.29. The molecule has 7 nitrogen and oxygen atoms in total. The second-order valence-corrected chi connectivity index (χ2v) is 5.25. The van der Waals surface area contributed by atoms with Gasteiger partial charge < -0.3 is 10.4 Å². The van der Waals surface area contributed by atoms with E-state index in [-0.39, 0.29) is 17.3 Å². The summed E-state index contributed by atoms with van der Waals surface area (Å²) in [4.78, 5) is 16.4. The molecule has 2 aromatic rings. The van der Waals surface area contributed by atoms with Gasteiger partial charge in [-0.1, -0.05) is 13.8 Å². The predicted molar refractivity (Wildman–Crippen MR) is 80.5 cm³/mol. The van der Waals surface area contributed by atoms with Gasteiger partial charge in [-0.15, -0.1) is 0 Å². The Balaban J connectivity index is 2.17. The predicted octanol–water partition coefficient (Wildman–Crippen LogP) is 1.92. The minimum atomic E-state index is -0.186. The Kier molecular flexibility index (Phi) is 5.08. The molecule has 0 aromatic carbocycles. The molecule has 0 fully saturated rings. The molecule has 114 valence electrons. The lowest BCUT2D eigenvalue weighted by molar-refractivity contribution is 0.127. The van der Waals surface area contributed by atoms with Crippen LogP contribution in [0.4, 0.5) is 5.95 Å². The lowest BCUT2D eigenvalue weighted by atomic mass is 9.83. The molecule has 0 saturated heterocycles. The number of aromatic nitrogens is 5. The summed E-state index contributed by atoms with van der Waals surface area (Å²) in [5, 5.41) is 12.8. The van der Waals surface area contributed by atoms with Crippen LogP contribution < -0.4 is 5.32 Å². The normalized spacial score (nSPS) is 11.6. The Morgan fingerprint density at radius 3 is 2.62 bits per heavy atom. The first-order valence-corrected chi connectivity index (χ1v) is 7.25. The molecular formula is C13H19ClN6O. The van der Waals surface area contributed by atoms with Gasteiger partial charge in [0.2, 0.25) is 17.2 Å². The number of aliphatic hydroxyl groups excluding tert-OH is 1. The fourth-order valence-electron chi connectivity index (χ4n) is 1.96. The van der Waals surface area contributed by atoms with E-state index in [0.29, 0.717) is 18.4 Å². The molecule has 2 aromatic heterocycles. The summed E-state index contributed by atoms with van der Waals surface area (Å²) in [6, 6.07) is 0. The summed E-state index contributed by atoms with van der Waals surface area (Å²) in [6.07, 6.45) is 6.67. The molecule has 0 bridgehead atoms. The standard InChI is InChI=1S/C13H19ClN6O/c1-3-13(4-2,8-21)7-16-11-17-10(14)18-12(19-11)20-6-5-15-9-20/h5-6,9,21H,3-4,7-8H2,1-2H3,(H,16,17,18,19). The summed E-state index contributed by atoms with van der Waals surface area (Å²) < 4.78 is 1.65. The average Bonchev–Trinajstić information content (AvgIpc) is 3.03. The Morgan fingerprint density at radius 2 is 2.05 bits per heavy atom. The van der Waals surface area contributed by atoms with Gasteiger partial charge in [0, 0.05) is 24.4 Å². The second-order valence-electron chi connectivity index (χ2n) is 4.92. The summed E-state index contributed by atoms with van der Waals surface area (Å²) in [7, 11) is 0. The van der Waals surface area contributed by atoms with Crippen LogP contribution in [0.1, 0.15) is 26.7 Å². The first-order valence-electron chi connectivity index (χ1n) is 6.87. The molecule has 21 heavy (non-hydrogen) atoms. The second kappa shape index (κ2) is 6.82. The highest BCUT2D eigenvalue weighted by Crippen LogP contribution is 2.25. The summed E-state index contributed by atoms with van der Waals surface area (Å²) in [6.45, 7) is 4.79. The van der Waals surface area contributed by atoms with Crippen molar-refractivity contribution in [2.75, 3.05) is 18.5 Å². The van der Waals surface area contributed by atoms with Gasteiger partial charge in [-0.05, 0) is 24.4 Å². The molecule has 0 amide bonds. The van der Waals surface area contributed by atoms with Crippen LogP contribution in [-0.4, -0.2) is 42.8 Å². The molecule has 0 spiro atoms. The third-order valence-corrected chi connectivity index (χ3v) is 3.96. The third-order valence-electron chi connectivity index (χ3n) is 3.79. The van der Waals surface area contributed by atoms with E-state index in [1.165, 1.54) is 0 Å². The zero-order valence-electron chi connectivity index (χ0n) is 12.1. The third kappa shape index (κ3) is 3.68. The van der Waals surface area contributed by atoms with Gasteiger partial charge in [0.25, 0.3) is 0 Å². The van der Waals surface area contributed by atoms with E-state index in [0.717, 1.165) is 12.8 Å². The molecule has 2 N–H and O–H groups in total. The van der Waals surface area contributed by atoms with E-state index in [4.69, 9.17) is 11.6 Å². The first-order chi connectivity index (χ1) is 10.1. The van der Waals surface area contributed by atoms with E-state index in [9.17, 15) is 5.11 Å². The topological polar surface area (TPSA) is 88.8 Å². The van der Waals surface area contributed by atoms with Gasteiger partial charge in [0.05, 0.1) is 6.61 Å². The minimum Gasteiger partial charge on any atom is -0.396 e. The van der Waals surface area contributed by atoms with Crippen molar-refractivity contribution in [1.29, 1.82) is 0 Å². The largest absolute Gasteiger partial charge is 0.396 e. The van der Waals surface area contributed by atoms with Crippen molar-refractivity contribution in [2.24, 2.45) is 5.41 Å². The number of anilines is 1. The van der Waals surface area contributed by atoms with Crippen molar-refractivity contribution in [2.45, 2.75) is 26.7 Å². The number of hydrogen-bond donors (Lipinski definition) is 2. The maximum absolute atomic E-state index is 9.58. The molecular weight excluding hydrogens is 292 g/mol. The maximum atomic E-state index is 9.58. The zero-order valence-corrected chi connectivity index (χ0v) is 12.9. The van der Waals surface area contributed by atoms with Crippen LogP contribution in [0.2, 0.25) is 5.28 Å². The van der Waals surface area contributed by atoms with E-state index in [1.807, 2.05) is 0 Å². The molecule has 0 aliphatic heterocycles. The number of hydrogen-bond acceptors (Lipinski definition) is 6. The highest BCUT2D eigenvalue weighted by Gasteiger charge is 2.25. The number of rotatable bonds is 7. The van der Waals surface area contributed by atoms with Crippen molar-refractivity contribution in [1.82, 2.24) is 24.5 Å². The van der Waals surface area contributed by atoms with Crippen LogP contribution in [0.25, 0.3) is 5.95 Å². The fraction of sp³-hybridized carbons (Fsp3) is 0.538. The maximum Gasteiger partial charge on any atom is 0.241 e. The van der Waals surface area contributed by atoms with E-state index >= 15 is 0 Å². The number of nitrogens with one attached hydrogen (secondary N) is 1. The van der Waals surface area contributed by atoms with Gasteiger partial charge in [-0.2, -0.15) is 15.0 Å². The molecule has 2 rings (SSSR count). The fourth-order valence-corrected chi connectivity index (χ4v) is 2.11. The van der Waals surface area contributed by atoms with Gasteiger partial charge in [0.15, 0.2) is 0 Å². The van der Waals surface area contributed by atoms with Crippen LogP contribution in [0.15, 0.2) is 18.7 Å². The van der Waals surface area contributed by atoms with Crippen molar-refractivity contribution in [3.05, 3.63) is 24.0 Å². The van der Waals surface area contributed by atoms with Crippen molar-refractivity contribution < 1.29 is 5.11 Å². The smallest absolute Gasteiger partial charge is 0.241 e. The van der Waals surface area contributed by atoms with Crippen LogP contribution >= 0.6 is 11.6 Å². The molecule has 8 heteroatoms. The van der Waals surface area contributed by atoms with Gasteiger partial charge in [0.1, 0.15) is 6.33 Å². The van der Waals surface area contributed by atoms with Crippen molar-refractivity contribution >= 4 is 17.5 Å². The molecule has 0 saturated carbocycles. The quantitative estimate of drug-likeness (QED) is 0.812. The minimum absolute atomic E-state index is 0.110. The average molecular weight is 311 g/mol. The summed E-state index contributed by atoms with van der Waals surface area (Å²) in [5.74, 6) is 0.788. The molecule has 0 radical (unpaired) electrons. The summed E-state index contributed by atoms with van der Waals surface area (Å²) in [5.41, 5.74) is -0.186. The first kappa shape index (κ1) is 15.7. The van der Waals surface area contributed by atoms with Gasteiger partial charge in [-0.25, -0.2) is 4.98 Å². The Hall–Kier alpha value is -1.73. The van der Waals surface area contributed by atoms with Gasteiger partial charge in [-0.3, -0.25) is 4.57 Å². The molecule has 0 unspecified atom stereocenters. The summed E-state index contributed by atoms with van der Waals surface area (Å²) >= 11 is 5.93. The van der Waals surface area contributed by atoms with Crippen LogP contribution in [-0.2, 0) is 0 Å². The van der Waals surface area contributed by atoms with E-state index < -0.39 is 0 Å². The monoisotopic (exact) mass is 310 g/mol. The van der Waals surface area contributed by atoms with E-state index in [1.54, 1.807) is 23.3 Å². The number of aliphatic hydroxyl groups is 1. The number of imidazole rings is 1. The van der Waals surface area contributed by atoms with Crippen LogP contribution in [0.3, 0.4) is 0 Å². The molecule has 2 heterocycles. The highest BCUT2D eigenvalue weighted by atomic mass is 35.5. The van der Waals surface area contributed by atoms with Crippen molar-refractivity contribution in [3.63, 3.8) is 0 Å². The zero-order chi connectivity index (χ0) is 15.3. The van der Waals surface area contributed by atoms with Gasteiger partial charge >= 0.3 is 0 Å². The molecule has 0 aliphatic rings. The number of halogens is 1. The lowest BCUT2D eigenvalue weighted by Crippen LogP contribution is -2.32. The SMILES string of the molecule is CCC(CC)(CO)CNc1nc(Cl)nc(-n2ccnc2)n1. The van der Waals surface area contributed by atoms with Crippen molar-refractivity contribution in [3.8, 4) is 5.95 Å². The number of nitrogens with zero attached hydrogens (tertiary/aromatic N) is 5. The van der Waals surface area contributed by atoms with E-state index in [2.05, 4.69) is 39.1 Å². The molecule has 0 aliphatic carbocycles.